The summed E-state index contributed by atoms with van der Waals surface area (Å²) in [5.74, 6) is 0.418. The molecule has 0 amide bonds. The number of carbonyl (C=O) groups excluding carboxylic acids is 1. The third-order valence-electron chi connectivity index (χ3n) is 5.50. The lowest BCUT2D eigenvalue weighted by Crippen LogP contribution is -2.33. The average molecular weight is 377 g/mol. The minimum Gasteiger partial charge on any atom is -0.294 e. The van der Waals surface area contributed by atoms with Crippen molar-refractivity contribution in [3.63, 3.8) is 0 Å². The number of pyridine rings is 1. The smallest absolute Gasteiger partial charge is 0.294 e. The number of aromatic nitrogens is 3. The van der Waals surface area contributed by atoms with Gasteiger partial charge in [0.25, 0.3) is 5.56 Å². The van der Waals surface area contributed by atoms with Crippen molar-refractivity contribution in [1.82, 2.24) is 14.5 Å². The third-order valence-corrected chi connectivity index (χ3v) is 5.50. The van der Waals surface area contributed by atoms with Crippen LogP contribution in [0.25, 0.3) is 11.0 Å². The maximum absolute atomic E-state index is 12.8. The van der Waals surface area contributed by atoms with Gasteiger partial charge in [-0.2, -0.15) is 0 Å². The van der Waals surface area contributed by atoms with Crippen LogP contribution in [-0.2, 0) is 13.0 Å². The Balaban J connectivity index is 1.89. The molecule has 6 nitrogen and oxygen atoms in total. The summed E-state index contributed by atoms with van der Waals surface area (Å²) < 4.78 is 1.52. The first-order valence-corrected chi connectivity index (χ1v) is 9.68. The first-order valence-electron chi connectivity index (χ1n) is 9.68. The van der Waals surface area contributed by atoms with Crippen molar-refractivity contribution < 1.29 is 4.79 Å². The van der Waals surface area contributed by atoms with Gasteiger partial charge in [-0.1, -0.05) is 44.2 Å². The molecule has 0 saturated heterocycles. The van der Waals surface area contributed by atoms with Crippen LogP contribution in [0.3, 0.4) is 0 Å². The Hall–Kier alpha value is -3.02. The molecular formula is C22H23N3O3. The number of hydrogen-bond acceptors (Lipinski definition) is 4. The molecule has 0 radical (unpaired) electrons. The number of ketones is 1. The zero-order chi connectivity index (χ0) is 19.8. The van der Waals surface area contributed by atoms with Crippen LogP contribution in [0, 0.1) is 5.92 Å². The molecule has 4 rings (SSSR count). The van der Waals surface area contributed by atoms with Gasteiger partial charge in [0.15, 0.2) is 5.78 Å². The highest BCUT2D eigenvalue weighted by molar-refractivity contribution is 6.02. The molecule has 1 aliphatic carbocycles. The van der Waals surface area contributed by atoms with Crippen LogP contribution in [0.4, 0.5) is 0 Å². The van der Waals surface area contributed by atoms with E-state index in [1.165, 1.54) is 10.8 Å². The number of benzene rings is 1. The van der Waals surface area contributed by atoms with Gasteiger partial charge in [-0.25, -0.2) is 9.78 Å². The van der Waals surface area contributed by atoms with E-state index >= 15 is 0 Å². The fraction of sp³-hybridized carbons (Fsp3) is 0.364. The molecule has 0 fully saturated rings. The molecule has 0 saturated carbocycles. The summed E-state index contributed by atoms with van der Waals surface area (Å²) in [4.78, 5) is 44.6. The number of nitrogens with zero attached hydrogens (tertiary/aromatic N) is 2. The van der Waals surface area contributed by atoms with E-state index < -0.39 is 11.2 Å². The Morgan fingerprint density at radius 3 is 2.61 bits per heavy atom. The summed E-state index contributed by atoms with van der Waals surface area (Å²) in [5, 5.41) is 0.370. The molecule has 1 atom stereocenters. The first kappa shape index (κ1) is 18.3. The molecule has 144 valence electrons. The normalized spacial score (nSPS) is 16.5. The lowest BCUT2D eigenvalue weighted by Gasteiger charge is -2.25. The van der Waals surface area contributed by atoms with Crippen molar-refractivity contribution >= 4 is 16.8 Å². The highest BCUT2D eigenvalue weighted by Crippen LogP contribution is 2.34. The van der Waals surface area contributed by atoms with Crippen LogP contribution in [0.5, 0.6) is 0 Å². The zero-order valence-electron chi connectivity index (χ0n) is 16.1. The quantitative estimate of drug-likeness (QED) is 0.757. The molecule has 3 aromatic rings. The van der Waals surface area contributed by atoms with Crippen molar-refractivity contribution in [2.24, 2.45) is 5.92 Å². The summed E-state index contributed by atoms with van der Waals surface area (Å²) in [6.45, 7) is 4.64. The van der Waals surface area contributed by atoms with Gasteiger partial charge in [0.05, 0.1) is 5.39 Å². The number of hydrogen-bond donors (Lipinski definition) is 1. The van der Waals surface area contributed by atoms with Crippen LogP contribution in [0.2, 0.25) is 0 Å². The summed E-state index contributed by atoms with van der Waals surface area (Å²) in [7, 11) is 0. The number of fused-ring (bicyclic) bond motifs is 3. The van der Waals surface area contributed by atoms with E-state index in [0.717, 1.165) is 12.0 Å². The summed E-state index contributed by atoms with van der Waals surface area (Å²) >= 11 is 0. The largest absolute Gasteiger partial charge is 0.329 e. The number of rotatable bonds is 4. The van der Waals surface area contributed by atoms with Gasteiger partial charge in [-0.15, -0.1) is 0 Å². The van der Waals surface area contributed by atoms with Gasteiger partial charge in [0.2, 0.25) is 0 Å². The monoisotopic (exact) mass is 377 g/mol. The van der Waals surface area contributed by atoms with Gasteiger partial charge in [0, 0.05) is 24.7 Å². The standard InChI is InChI=1S/C22H23N3O3/c1-13(2)8-9-25-20-19(21(27)24-22(25)28)16-10-15(14-6-4-3-5-7-14)11-18(26)17(16)12-23-20/h3-7,12-13,15H,8-11H2,1-2H3,(H,24,27,28). The topological polar surface area (TPSA) is 84.8 Å². The number of aromatic amines is 1. The number of Topliss-reactive ketones (excluding diaryl/α,β-unsaturated/α-hetero) is 1. The van der Waals surface area contributed by atoms with E-state index in [9.17, 15) is 14.4 Å². The SMILES string of the molecule is CC(C)CCn1c(=O)[nH]c(=O)c2c3c(cnc21)C(=O)CC(c1ccccc1)C3. The lowest BCUT2D eigenvalue weighted by molar-refractivity contribution is 0.0964. The maximum atomic E-state index is 12.8. The van der Waals surface area contributed by atoms with E-state index in [1.54, 1.807) is 0 Å². The Morgan fingerprint density at radius 2 is 1.89 bits per heavy atom. The minimum atomic E-state index is -0.466. The molecule has 1 N–H and O–H groups in total. The fourth-order valence-corrected chi connectivity index (χ4v) is 3.96. The molecule has 1 unspecified atom stereocenters. The summed E-state index contributed by atoms with van der Waals surface area (Å²) in [6, 6.07) is 9.87. The van der Waals surface area contributed by atoms with Crippen LogP contribution in [0.1, 0.15) is 54.1 Å². The number of nitrogens with one attached hydrogen (secondary N) is 1. The molecule has 2 heterocycles. The van der Waals surface area contributed by atoms with Crippen LogP contribution in [0.15, 0.2) is 46.1 Å². The Bertz CT molecular complexity index is 1160. The second kappa shape index (κ2) is 7.19. The van der Waals surface area contributed by atoms with Crippen molar-refractivity contribution in [1.29, 1.82) is 0 Å². The molecular weight excluding hydrogens is 354 g/mol. The summed E-state index contributed by atoms with van der Waals surface area (Å²) in [6.07, 6.45) is 3.31. The summed E-state index contributed by atoms with van der Waals surface area (Å²) in [5.41, 5.74) is 1.73. The van der Waals surface area contributed by atoms with Gasteiger partial charge in [0.1, 0.15) is 5.65 Å². The Morgan fingerprint density at radius 1 is 1.14 bits per heavy atom. The van der Waals surface area contributed by atoms with E-state index in [0.29, 0.717) is 47.5 Å². The van der Waals surface area contributed by atoms with Gasteiger partial charge < -0.3 is 0 Å². The number of aryl methyl sites for hydroxylation is 1. The molecule has 6 heteroatoms. The second-order valence-corrected chi connectivity index (χ2v) is 7.88. The minimum absolute atomic E-state index is 0.0103. The van der Waals surface area contributed by atoms with Gasteiger partial charge in [-0.3, -0.25) is 19.1 Å². The highest BCUT2D eigenvalue weighted by atomic mass is 16.2. The molecule has 1 aromatic carbocycles. The number of carbonyl (C=O) groups is 1. The van der Waals surface area contributed by atoms with Crippen LogP contribution < -0.4 is 11.2 Å². The fourth-order valence-electron chi connectivity index (χ4n) is 3.96. The van der Waals surface area contributed by atoms with Crippen molar-refractivity contribution in [3.05, 3.63) is 74.1 Å². The molecule has 2 aromatic heterocycles. The average Bonchev–Trinajstić information content (AvgIpc) is 2.67. The molecule has 0 aliphatic heterocycles. The Labute approximate surface area is 162 Å². The van der Waals surface area contributed by atoms with E-state index in [2.05, 4.69) is 23.8 Å². The van der Waals surface area contributed by atoms with Crippen molar-refractivity contribution in [2.75, 3.05) is 0 Å². The van der Waals surface area contributed by atoms with Crippen LogP contribution >= 0.6 is 0 Å². The third kappa shape index (κ3) is 3.19. The zero-order valence-corrected chi connectivity index (χ0v) is 16.1. The van der Waals surface area contributed by atoms with Crippen molar-refractivity contribution in [3.8, 4) is 0 Å². The molecule has 1 aliphatic rings. The van der Waals surface area contributed by atoms with E-state index in [4.69, 9.17) is 0 Å². The predicted octanol–water partition coefficient (Wildman–Crippen LogP) is 3.04. The highest BCUT2D eigenvalue weighted by Gasteiger charge is 2.29. The molecule has 0 bridgehead atoms. The van der Waals surface area contributed by atoms with Crippen molar-refractivity contribution in [2.45, 2.75) is 45.6 Å². The van der Waals surface area contributed by atoms with Crippen LogP contribution in [-0.4, -0.2) is 20.3 Å². The maximum Gasteiger partial charge on any atom is 0.329 e. The number of H-pyrrole nitrogens is 1. The predicted molar refractivity (Wildman–Crippen MR) is 108 cm³/mol. The molecule has 28 heavy (non-hydrogen) atoms. The second-order valence-electron chi connectivity index (χ2n) is 7.88. The first-order chi connectivity index (χ1) is 13.5. The Kier molecular flexibility index (Phi) is 4.71. The van der Waals surface area contributed by atoms with E-state index in [-0.39, 0.29) is 11.7 Å². The van der Waals surface area contributed by atoms with Gasteiger partial charge >= 0.3 is 5.69 Å². The molecule has 0 spiro atoms. The van der Waals surface area contributed by atoms with E-state index in [1.807, 2.05) is 30.3 Å². The van der Waals surface area contributed by atoms with Gasteiger partial charge in [-0.05, 0) is 35.8 Å². The lowest BCUT2D eigenvalue weighted by atomic mass is 9.79.